The summed E-state index contributed by atoms with van der Waals surface area (Å²) in [6.45, 7) is 6.64. The third-order valence-electron chi connectivity index (χ3n) is 7.79. The van der Waals surface area contributed by atoms with Crippen molar-refractivity contribution in [2.45, 2.75) is 45.5 Å². The van der Waals surface area contributed by atoms with Crippen LogP contribution in [0.3, 0.4) is 0 Å². The van der Waals surface area contributed by atoms with Gasteiger partial charge in [0.15, 0.2) is 6.10 Å². The molecule has 0 aliphatic carbocycles. The van der Waals surface area contributed by atoms with E-state index in [9.17, 15) is 4.79 Å². The van der Waals surface area contributed by atoms with E-state index in [2.05, 4.69) is 49.4 Å². The molecule has 0 spiro atoms. The van der Waals surface area contributed by atoms with Gasteiger partial charge in [-0.3, -0.25) is 0 Å². The number of hydrogen-bond acceptors (Lipinski definition) is 4. The number of rotatable bonds is 13. The highest BCUT2D eigenvalue weighted by Crippen LogP contribution is 2.44. The van der Waals surface area contributed by atoms with E-state index >= 15 is 0 Å². The van der Waals surface area contributed by atoms with E-state index in [0.29, 0.717) is 0 Å². The Morgan fingerprint density at radius 3 is 1.61 bits per heavy atom. The Morgan fingerprint density at radius 1 is 0.756 bits per heavy atom. The average Bonchev–Trinajstić information content (AvgIpc) is 3.03. The summed E-state index contributed by atoms with van der Waals surface area (Å²) in [7, 11) is 1.41. The van der Waals surface area contributed by atoms with Crippen molar-refractivity contribution < 1.29 is 19.0 Å². The van der Waals surface area contributed by atoms with Gasteiger partial charge in [-0.1, -0.05) is 147 Å². The summed E-state index contributed by atoms with van der Waals surface area (Å²) in [5.41, 5.74) is 3.21. The summed E-state index contributed by atoms with van der Waals surface area (Å²) in [4.78, 5) is 13.4. The number of benzene rings is 4. The third kappa shape index (κ3) is 6.67. The highest BCUT2D eigenvalue weighted by molar-refractivity contribution is 5.76. The molecule has 0 N–H and O–H groups in total. The van der Waals surface area contributed by atoms with Crippen LogP contribution < -0.4 is 0 Å². The molecule has 0 amide bonds. The highest BCUT2D eigenvalue weighted by atomic mass is 16.6. The fourth-order valence-corrected chi connectivity index (χ4v) is 5.34. The third-order valence-corrected chi connectivity index (χ3v) is 7.79. The van der Waals surface area contributed by atoms with Crippen LogP contribution in [0.25, 0.3) is 0 Å². The minimum atomic E-state index is -0.933. The fourth-order valence-electron chi connectivity index (χ4n) is 5.34. The van der Waals surface area contributed by atoms with Gasteiger partial charge in [-0.05, 0) is 35.6 Å². The molecule has 212 valence electrons. The van der Waals surface area contributed by atoms with Gasteiger partial charge in [-0.2, -0.15) is 0 Å². The summed E-state index contributed by atoms with van der Waals surface area (Å²) < 4.78 is 18.9. The van der Waals surface area contributed by atoms with Crippen molar-refractivity contribution in [3.05, 3.63) is 155 Å². The molecule has 0 aliphatic rings. The highest BCUT2D eigenvalue weighted by Gasteiger charge is 2.46. The van der Waals surface area contributed by atoms with Crippen molar-refractivity contribution in [2.24, 2.45) is 5.41 Å². The van der Waals surface area contributed by atoms with E-state index in [1.165, 1.54) is 7.11 Å². The van der Waals surface area contributed by atoms with Crippen LogP contribution in [0.5, 0.6) is 0 Å². The van der Waals surface area contributed by atoms with Crippen molar-refractivity contribution in [3.63, 3.8) is 0 Å². The van der Waals surface area contributed by atoms with E-state index in [4.69, 9.17) is 14.2 Å². The quantitative estimate of drug-likeness (QED) is 0.0962. The molecule has 2 atom stereocenters. The Balaban J connectivity index is 1.84. The van der Waals surface area contributed by atoms with Gasteiger partial charge in [-0.25, -0.2) is 4.79 Å². The van der Waals surface area contributed by atoms with E-state index in [1.807, 2.05) is 98.8 Å². The van der Waals surface area contributed by atoms with Gasteiger partial charge in [0.2, 0.25) is 0 Å². The summed E-state index contributed by atoms with van der Waals surface area (Å²) in [6.07, 6.45) is 2.06. The number of carbonyl (C=O) groups is 1. The van der Waals surface area contributed by atoms with Crippen molar-refractivity contribution >= 4 is 5.97 Å². The molecule has 0 saturated heterocycles. The summed E-state index contributed by atoms with van der Waals surface area (Å²) >= 11 is 0. The first kappa shape index (κ1) is 30.0. The number of hydrogen-bond donors (Lipinski definition) is 0. The molecule has 4 heteroatoms. The van der Waals surface area contributed by atoms with Gasteiger partial charge in [0.25, 0.3) is 0 Å². The minimum Gasteiger partial charge on any atom is -0.467 e. The second-order valence-corrected chi connectivity index (χ2v) is 10.5. The van der Waals surface area contributed by atoms with E-state index < -0.39 is 23.1 Å². The fraction of sp³-hybridized carbons (Fsp3) is 0.270. The Morgan fingerprint density at radius 2 is 1.20 bits per heavy atom. The molecule has 4 aromatic carbocycles. The van der Waals surface area contributed by atoms with Gasteiger partial charge in [-0.15, -0.1) is 0 Å². The van der Waals surface area contributed by atoms with Gasteiger partial charge < -0.3 is 14.2 Å². The topological polar surface area (TPSA) is 44.8 Å². The number of carbonyl (C=O) groups excluding carboxylic acids is 1. The molecule has 0 aromatic heterocycles. The number of esters is 1. The van der Waals surface area contributed by atoms with E-state index in [-0.39, 0.29) is 13.2 Å². The van der Waals surface area contributed by atoms with Crippen LogP contribution in [-0.4, -0.2) is 25.8 Å². The molecule has 0 heterocycles. The summed E-state index contributed by atoms with van der Waals surface area (Å²) in [5, 5.41) is 0. The van der Waals surface area contributed by atoms with Crippen LogP contribution in [0.2, 0.25) is 0 Å². The Labute approximate surface area is 244 Å². The van der Waals surface area contributed by atoms with Gasteiger partial charge >= 0.3 is 5.97 Å². The second kappa shape index (κ2) is 14.1. The molecule has 0 radical (unpaired) electrons. The first-order valence-corrected chi connectivity index (χ1v) is 14.2. The van der Waals surface area contributed by atoms with Crippen LogP contribution in [0.15, 0.2) is 133 Å². The van der Waals surface area contributed by atoms with Crippen LogP contribution in [0.4, 0.5) is 0 Å². The van der Waals surface area contributed by atoms with Gasteiger partial charge in [0.1, 0.15) is 5.60 Å². The largest absolute Gasteiger partial charge is 0.467 e. The van der Waals surface area contributed by atoms with Gasteiger partial charge in [0, 0.05) is 5.41 Å². The van der Waals surface area contributed by atoms with Crippen molar-refractivity contribution in [2.75, 3.05) is 13.7 Å². The number of methoxy groups -OCH3 is 1. The molecule has 0 unspecified atom stereocenters. The molecular formula is C37H40O4. The molecule has 0 bridgehead atoms. The zero-order valence-corrected chi connectivity index (χ0v) is 24.5. The molecule has 0 fully saturated rings. The standard InChI is InChI=1S/C37H40O4/c1-5-18-29(2)36(3,34(35(38)39-4)40-27-30-19-10-6-11-20-30)28-41-37(31-21-12-7-13-22-31,32-23-14-8-15-24-32)33-25-16-9-17-26-33/h6-26,34H,5,27-28H2,1-4H3/b29-18+/t34-,36-/m0/s1. The van der Waals surface area contributed by atoms with Crippen molar-refractivity contribution in [3.8, 4) is 0 Å². The summed E-state index contributed by atoms with van der Waals surface area (Å²) in [5.74, 6) is -0.430. The molecular weight excluding hydrogens is 508 g/mol. The monoisotopic (exact) mass is 548 g/mol. The molecule has 41 heavy (non-hydrogen) atoms. The lowest BCUT2D eigenvalue weighted by molar-refractivity contribution is -0.169. The first-order valence-electron chi connectivity index (χ1n) is 14.2. The Hall–Kier alpha value is -3.99. The molecule has 4 rings (SSSR count). The molecule has 0 aliphatic heterocycles. The van der Waals surface area contributed by atoms with Crippen LogP contribution in [0, 0.1) is 5.41 Å². The SMILES string of the molecule is CC/C=C(\C)[C@](C)(COC(c1ccccc1)(c1ccccc1)c1ccccc1)[C@@H](OCc1ccccc1)C(=O)OC. The van der Waals surface area contributed by atoms with Crippen molar-refractivity contribution in [1.29, 1.82) is 0 Å². The van der Waals surface area contributed by atoms with Crippen LogP contribution in [-0.2, 0) is 31.2 Å². The second-order valence-electron chi connectivity index (χ2n) is 10.5. The van der Waals surface area contributed by atoms with Crippen LogP contribution >= 0.6 is 0 Å². The van der Waals surface area contributed by atoms with Crippen molar-refractivity contribution in [1.82, 2.24) is 0 Å². The lowest BCUT2D eigenvalue weighted by Gasteiger charge is -2.42. The van der Waals surface area contributed by atoms with Gasteiger partial charge in [0.05, 0.1) is 20.3 Å². The number of allylic oxidation sites excluding steroid dienone is 1. The maximum atomic E-state index is 13.4. The molecule has 0 saturated carbocycles. The molecule has 4 aromatic rings. The minimum absolute atomic E-state index is 0.197. The maximum Gasteiger partial charge on any atom is 0.336 e. The number of ether oxygens (including phenoxy) is 3. The summed E-state index contributed by atoms with van der Waals surface area (Å²) in [6, 6.07) is 40.6. The lowest BCUT2D eigenvalue weighted by Crippen LogP contribution is -2.48. The van der Waals surface area contributed by atoms with E-state index in [1.54, 1.807) is 0 Å². The lowest BCUT2D eigenvalue weighted by atomic mass is 9.76. The van der Waals surface area contributed by atoms with Crippen LogP contribution in [0.1, 0.15) is 49.4 Å². The Bertz CT molecular complexity index is 1290. The molecule has 4 nitrogen and oxygen atoms in total. The predicted octanol–water partition coefficient (Wildman–Crippen LogP) is 8.12. The first-order chi connectivity index (χ1) is 20.0. The Kier molecular flexibility index (Phi) is 10.3. The normalized spacial score (nSPS) is 14.2. The maximum absolute atomic E-state index is 13.4. The zero-order valence-electron chi connectivity index (χ0n) is 24.5. The van der Waals surface area contributed by atoms with E-state index in [0.717, 1.165) is 34.2 Å². The predicted molar refractivity (Wildman–Crippen MR) is 164 cm³/mol. The smallest absolute Gasteiger partial charge is 0.336 e. The average molecular weight is 549 g/mol. The zero-order chi connectivity index (χ0) is 29.1.